The van der Waals surface area contributed by atoms with Crippen molar-refractivity contribution in [1.82, 2.24) is 4.98 Å². The molecule has 0 saturated heterocycles. The fourth-order valence-corrected chi connectivity index (χ4v) is 2.18. The molecule has 1 aromatic heterocycles. The molecule has 15 heavy (non-hydrogen) atoms. The largest absolute Gasteiger partial charge is 0.261 e. The Balaban J connectivity index is 2.50. The van der Waals surface area contributed by atoms with Gasteiger partial charge in [-0.1, -0.05) is 55.5 Å². The van der Waals surface area contributed by atoms with E-state index in [2.05, 4.69) is 40.8 Å². The molecule has 0 aromatic carbocycles. The smallest absolute Gasteiger partial charge is 0.0417 e. The van der Waals surface area contributed by atoms with E-state index in [-0.39, 0.29) is 0 Å². The van der Waals surface area contributed by atoms with Crippen LogP contribution in [0.1, 0.15) is 45.2 Å². The van der Waals surface area contributed by atoms with E-state index < -0.39 is 0 Å². The van der Waals surface area contributed by atoms with E-state index in [1.165, 1.54) is 31.4 Å². The monoisotopic (exact) mass is 269 g/mol. The Hall–Kier alpha value is -0.370. The maximum absolute atomic E-state index is 4.41. The van der Waals surface area contributed by atoms with Crippen molar-refractivity contribution in [2.75, 3.05) is 0 Å². The van der Waals surface area contributed by atoms with E-state index in [1.807, 2.05) is 12.3 Å². The van der Waals surface area contributed by atoms with Gasteiger partial charge in [0.1, 0.15) is 0 Å². The summed E-state index contributed by atoms with van der Waals surface area (Å²) in [6.07, 6.45) is 8.23. The number of nitrogens with zero attached hydrogens (tertiary/aromatic N) is 1. The Morgan fingerprint density at radius 2 is 2.20 bits per heavy atom. The quantitative estimate of drug-likeness (QED) is 0.736. The van der Waals surface area contributed by atoms with Crippen LogP contribution in [0.2, 0.25) is 0 Å². The van der Waals surface area contributed by atoms with Gasteiger partial charge >= 0.3 is 0 Å². The Bertz CT molecular complexity index is 286. The molecule has 84 valence electrons. The maximum Gasteiger partial charge on any atom is 0.0417 e. The lowest BCUT2D eigenvalue weighted by Gasteiger charge is -2.13. The molecular weight excluding hydrogens is 250 g/mol. The van der Waals surface area contributed by atoms with Crippen LogP contribution in [-0.2, 0) is 6.42 Å². The zero-order valence-corrected chi connectivity index (χ0v) is 11.3. The first-order valence-corrected chi connectivity index (χ1v) is 6.66. The fourth-order valence-electron chi connectivity index (χ4n) is 1.80. The molecule has 1 aromatic rings. The highest BCUT2D eigenvalue weighted by Crippen LogP contribution is 2.19. The molecular formula is C13H20BrN. The van der Waals surface area contributed by atoms with Gasteiger partial charge in [0.25, 0.3) is 0 Å². The van der Waals surface area contributed by atoms with Crippen molar-refractivity contribution in [3.8, 4) is 0 Å². The molecule has 0 aliphatic rings. The van der Waals surface area contributed by atoms with Crippen LogP contribution < -0.4 is 0 Å². The molecule has 0 amide bonds. The molecule has 1 atom stereocenters. The summed E-state index contributed by atoms with van der Waals surface area (Å²) >= 11 is 3.49. The van der Waals surface area contributed by atoms with Crippen molar-refractivity contribution in [2.24, 2.45) is 5.92 Å². The average Bonchev–Trinajstić information content (AvgIpc) is 2.24. The third-order valence-corrected chi connectivity index (χ3v) is 3.31. The summed E-state index contributed by atoms with van der Waals surface area (Å²) in [4.78, 5) is 4.41. The Labute approximate surface area is 101 Å². The lowest BCUT2D eigenvalue weighted by atomic mass is 9.94. The van der Waals surface area contributed by atoms with E-state index in [0.717, 1.165) is 16.8 Å². The summed E-state index contributed by atoms with van der Waals surface area (Å²) in [6.45, 7) is 4.53. The molecule has 1 rings (SSSR count). The minimum atomic E-state index is 0.798. The van der Waals surface area contributed by atoms with E-state index in [4.69, 9.17) is 0 Å². The summed E-state index contributed by atoms with van der Waals surface area (Å²) in [5.41, 5.74) is 1.22. The first-order valence-electron chi connectivity index (χ1n) is 5.86. The van der Waals surface area contributed by atoms with Gasteiger partial charge in [-0.3, -0.25) is 4.98 Å². The van der Waals surface area contributed by atoms with Crippen LogP contribution in [0.3, 0.4) is 0 Å². The molecule has 0 radical (unpaired) electrons. The molecule has 1 nitrogen and oxygen atoms in total. The van der Waals surface area contributed by atoms with Gasteiger partial charge < -0.3 is 0 Å². The summed E-state index contributed by atoms with van der Waals surface area (Å²) in [6, 6.07) is 4.12. The molecule has 0 aliphatic heterocycles. The molecule has 1 unspecified atom stereocenters. The molecule has 0 spiro atoms. The van der Waals surface area contributed by atoms with Crippen molar-refractivity contribution in [2.45, 2.75) is 46.0 Å². The van der Waals surface area contributed by atoms with Crippen LogP contribution in [0.25, 0.3) is 0 Å². The van der Waals surface area contributed by atoms with Gasteiger partial charge in [-0.15, -0.1) is 0 Å². The minimum absolute atomic E-state index is 0.798. The second-order valence-corrected chi connectivity index (χ2v) is 5.00. The van der Waals surface area contributed by atoms with E-state index in [0.29, 0.717) is 0 Å². The first kappa shape index (κ1) is 12.7. The molecule has 1 heterocycles. The van der Waals surface area contributed by atoms with Crippen molar-refractivity contribution < 1.29 is 0 Å². The standard InChI is InChI=1S/C13H20BrN/c1-3-5-6-11(4-2)9-13-10-12(14)7-8-15-13/h7-8,10-11H,3-6,9H2,1-2H3. The molecule has 2 heteroatoms. The zero-order valence-electron chi connectivity index (χ0n) is 9.67. The lowest BCUT2D eigenvalue weighted by Crippen LogP contribution is -2.04. The molecule has 0 fully saturated rings. The second-order valence-electron chi connectivity index (χ2n) is 4.09. The second kappa shape index (κ2) is 7.00. The number of hydrogen-bond acceptors (Lipinski definition) is 1. The van der Waals surface area contributed by atoms with Crippen LogP contribution in [0, 0.1) is 5.92 Å². The van der Waals surface area contributed by atoms with Gasteiger partial charge in [-0.2, -0.15) is 0 Å². The number of halogens is 1. The summed E-state index contributed by atoms with van der Waals surface area (Å²) in [5, 5.41) is 0. The highest BCUT2D eigenvalue weighted by molar-refractivity contribution is 9.10. The van der Waals surface area contributed by atoms with E-state index in [9.17, 15) is 0 Å². The predicted molar refractivity (Wildman–Crippen MR) is 68.9 cm³/mol. The first-order chi connectivity index (χ1) is 7.26. The SMILES string of the molecule is CCCCC(CC)Cc1cc(Br)ccn1. The summed E-state index contributed by atoms with van der Waals surface area (Å²) in [5.74, 6) is 0.798. The van der Waals surface area contributed by atoms with Gasteiger partial charge in [0.2, 0.25) is 0 Å². The highest BCUT2D eigenvalue weighted by atomic mass is 79.9. The third-order valence-electron chi connectivity index (χ3n) is 2.82. The van der Waals surface area contributed by atoms with Crippen LogP contribution in [0.4, 0.5) is 0 Å². The fraction of sp³-hybridized carbons (Fsp3) is 0.615. The number of pyridine rings is 1. The topological polar surface area (TPSA) is 12.9 Å². The summed E-state index contributed by atoms with van der Waals surface area (Å²) in [7, 11) is 0. The third kappa shape index (κ3) is 4.78. The van der Waals surface area contributed by atoms with Gasteiger partial charge in [0.05, 0.1) is 0 Å². The Morgan fingerprint density at radius 3 is 2.80 bits per heavy atom. The van der Waals surface area contributed by atoms with Gasteiger partial charge in [0.15, 0.2) is 0 Å². The minimum Gasteiger partial charge on any atom is -0.261 e. The summed E-state index contributed by atoms with van der Waals surface area (Å²) < 4.78 is 1.14. The van der Waals surface area contributed by atoms with Crippen molar-refractivity contribution in [3.05, 3.63) is 28.5 Å². The van der Waals surface area contributed by atoms with E-state index >= 15 is 0 Å². The zero-order chi connectivity index (χ0) is 11.1. The highest BCUT2D eigenvalue weighted by Gasteiger charge is 2.07. The molecule has 0 saturated carbocycles. The number of rotatable bonds is 6. The predicted octanol–water partition coefficient (Wildman–Crippen LogP) is 4.60. The Kier molecular flexibility index (Phi) is 5.92. The average molecular weight is 270 g/mol. The van der Waals surface area contributed by atoms with Crippen LogP contribution in [0.5, 0.6) is 0 Å². The van der Waals surface area contributed by atoms with Crippen LogP contribution >= 0.6 is 15.9 Å². The van der Waals surface area contributed by atoms with Crippen molar-refractivity contribution in [1.29, 1.82) is 0 Å². The number of hydrogen-bond donors (Lipinski definition) is 0. The lowest BCUT2D eigenvalue weighted by molar-refractivity contribution is 0.445. The Morgan fingerprint density at radius 1 is 1.40 bits per heavy atom. The number of unbranched alkanes of at least 4 members (excludes halogenated alkanes) is 1. The van der Waals surface area contributed by atoms with Gasteiger partial charge in [-0.25, -0.2) is 0 Å². The van der Waals surface area contributed by atoms with Gasteiger partial charge in [-0.05, 0) is 24.5 Å². The molecule has 0 aliphatic carbocycles. The van der Waals surface area contributed by atoms with Crippen molar-refractivity contribution >= 4 is 15.9 Å². The number of aromatic nitrogens is 1. The van der Waals surface area contributed by atoms with Crippen LogP contribution in [-0.4, -0.2) is 4.98 Å². The molecule has 0 N–H and O–H groups in total. The van der Waals surface area contributed by atoms with Crippen molar-refractivity contribution in [3.63, 3.8) is 0 Å². The maximum atomic E-state index is 4.41. The molecule has 0 bridgehead atoms. The normalized spacial score (nSPS) is 12.7. The van der Waals surface area contributed by atoms with Crippen LogP contribution in [0.15, 0.2) is 22.8 Å². The van der Waals surface area contributed by atoms with Gasteiger partial charge in [0, 0.05) is 16.4 Å². The van der Waals surface area contributed by atoms with E-state index in [1.54, 1.807) is 0 Å².